The van der Waals surface area contributed by atoms with Crippen LogP contribution < -0.4 is 11.3 Å². The van der Waals surface area contributed by atoms with E-state index in [9.17, 15) is 10.1 Å². The molecule has 1 aromatic rings. The number of hydrogen-bond acceptors (Lipinski definition) is 6. The van der Waals surface area contributed by atoms with Crippen molar-refractivity contribution in [2.45, 2.75) is 0 Å². The van der Waals surface area contributed by atoms with Gasteiger partial charge < -0.3 is 15.6 Å². The number of nitro groups is 1. The van der Waals surface area contributed by atoms with Crippen LogP contribution in [0.1, 0.15) is 0 Å². The first-order valence-electron chi connectivity index (χ1n) is 4.05. The first-order chi connectivity index (χ1) is 7.88. The number of nitrogens with one attached hydrogen (secondary N) is 1. The Balaban J connectivity index is 0.000000366. The van der Waals surface area contributed by atoms with E-state index in [0.29, 0.717) is 5.69 Å². The number of carbonyl (C=O) groups is 2. The maximum atomic E-state index is 10.2. The van der Waals surface area contributed by atoms with Gasteiger partial charge in [0.2, 0.25) is 0 Å². The number of non-ortho nitro benzene ring substituents is 1. The van der Waals surface area contributed by atoms with E-state index >= 15 is 0 Å². The molecular weight excluding hydrogens is 234 g/mol. The van der Waals surface area contributed by atoms with Gasteiger partial charge in [0.05, 0.1) is 4.92 Å². The van der Waals surface area contributed by atoms with Crippen LogP contribution in [0, 0.1) is 10.1 Å². The molecule has 17 heavy (non-hydrogen) atoms. The summed E-state index contributed by atoms with van der Waals surface area (Å²) in [5, 5.41) is 24.9. The van der Waals surface area contributed by atoms with E-state index in [1.165, 1.54) is 24.3 Å². The third kappa shape index (κ3) is 5.69. The molecular formula is C8H9N3O6. The highest BCUT2D eigenvalue weighted by atomic mass is 16.6. The molecule has 0 amide bonds. The summed E-state index contributed by atoms with van der Waals surface area (Å²) in [6.45, 7) is 0. The molecule has 0 aliphatic heterocycles. The van der Waals surface area contributed by atoms with Crippen molar-refractivity contribution in [2.24, 2.45) is 5.84 Å². The molecule has 0 heterocycles. The van der Waals surface area contributed by atoms with Crippen molar-refractivity contribution in [3.05, 3.63) is 34.4 Å². The quantitative estimate of drug-likeness (QED) is 0.245. The largest absolute Gasteiger partial charge is 0.473 e. The molecule has 0 aromatic heterocycles. The van der Waals surface area contributed by atoms with Gasteiger partial charge in [0, 0.05) is 17.8 Å². The molecule has 0 saturated carbocycles. The zero-order valence-electron chi connectivity index (χ0n) is 8.36. The molecule has 0 unspecified atom stereocenters. The number of nitro benzene ring substituents is 1. The van der Waals surface area contributed by atoms with Gasteiger partial charge in [0.15, 0.2) is 0 Å². The van der Waals surface area contributed by atoms with Crippen LogP contribution in [0.15, 0.2) is 24.3 Å². The van der Waals surface area contributed by atoms with E-state index in [-0.39, 0.29) is 5.69 Å². The Morgan fingerprint density at radius 1 is 1.18 bits per heavy atom. The molecule has 0 spiro atoms. The Morgan fingerprint density at radius 3 is 1.82 bits per heavy atom. The van der Waals surface area contributed by atoms with Crippen LogP contribution >= 0.6 is 0 Å². The molecule has 92 valence electrons. The Morgan fingerprint density at radius 2 is 1.59 bits per heavy atom. The Hall–Kier alpha value is -2.68. The number of carboxylic acid groups (broad SMARTS) is 2. The Bertz CT molecular complexity index is 404. The third-order valence-electron chi connectivity index (χ3n) is 1.43. The van der Waals surface area contributed by atoms with Crippen LogP contribution in [-0.2, 0) is 9.59 Å². The molecule has 0 atom stereocenters. The fourth-order valence-corrected chi connectivity index (χ4v) is 0.679. The van der Waals surface area contributed by atoms with E-state index < -0.39 is 16.9 Å². The summed E-state index contributed by atoms with van der Waals surface area (Å²) < 4.78 is 0. The van der Waals surface area contributed by atoms with Crippen molar-refractivity contribution in [2.75, 3.05) is 5.43 Å². The van der Waals surface area contributed by atoms with Crippen LogP contribution in [0.3, 0.4) is 0 Å². The average Bonchev–Trinajstić information content (AvgIpc) is 2.29. The van der Waals surface area contributed by atoms with Crippen molar-refractivity contribution in [1.29, 1.82) is 0 Å². The summed E-state index contributed by atoms with van der Waals surface area (Å²) in [6, 6.07) is 5.85. The molecule has 0 aliphatic rings. The molecule has 9 nitrogen and oxygen atoms in total. The van der Waals surface area contributed by atoms with Gasteiger partial charge in [-0.3, -0.25) is 16.0 Å². The lowest BCUT2D eigenvalue weighted by Crippen LogP contribution is -2.09. The van der Waals surface area contributed by atoms with E-state index in [2.05, 4.69) is 5.43 Å². The number of rotatable bonds is 2. The van der Waals surface area contributed by atoms with Gasteiger partial charge in [-0.1, -0.05) is 0 Å². The van der Waals surface area contributed by atoms with Gasteiger partial charge >= 0.3 is 11.9 Å². The number of hydrazine groups is 1. The lowest BCUT2D eigenvalue weighted by Gasteiger charge is -1.96. The predicted molar refractivity (Wildman–Crippen MR) is 56.2 cm³/mol. The number of aliphatic carboxylic acids is 2. The van der Waals surface area contributed by atoms with Crippen molar-refractivity contribution in [3.8, 4) is 0 Å². The number of nitrogen functional groups attached to an aromatic ring is 1. The monoisotopic (exact) mass is 243 g/mol. The smallest absolute Gasteiger partial charge is 0.414 e. The van der Waals surface area contributed by atoms with Crippen molar-refractivity contribution >= 4 is 23.3 Å². The average molecular weight is 243 g/mol. The standard InChI is InChI=1S/C6H7N3O2.C2H2O4/c7-8-5-1-3-6(4-2-5)9(10)11;3-1(4)2(5)6/h1-4,8H,7H2;(H,3,4)(H,5,6). The number of nitrogens with two attached hydrogens (primary N) is 1. The zero-order valence-corrected chi connectivity index (χ0v) is 8.36. The van der Waals surface area contributed by atoms with Crippen molar-refractivity contribution < 1.29 is 24.7 Å². The second kappa shape index (κ2) is 6.74. The predicted octanol–water partition coefficient (Wildman–Crippen LogP) is 0.0360. The van der Waals surface area contributed by atoms with Gasteiger partial charge in [-0.15, -0.1) is 0 Å². The van der Waals surface area contributed by atoms with Gasteiger partial charge in [-0.2, -0.15) is 0 Å². The summed E-state index contributed by atoms with van der Waals surface area (Å²) in [4.78, 5) is 27.9. The van der Waals surface area contributed by atoms with Gasteiger partial charge in [-0.05, 0) is 12.1 Å². The number of nitrogens with zero attached hydrogens (tertiary/aromatic N) is 1. The molecule has 1 aromatic carbocycles. The minimum Gasteiger partial charge on any atom is -0.473 e. The second-order valence-electron chi connectivity index (χ2n) is 2.56. The lowest BCUT2D eigenvalue weighted by molar-refractivity contribution is -0.384. The first-order valence-corrected chi connectivity index (χ1v) is 4.05. The molecule has 5 N–H and O–H groups in total. The number of carboxylic acids is 2. The van der Waals surface area contributed by atoms with Crippen LogP contribution in [-0.4, -0.2) is 27.1 Å². The third-order valence-corrected chi connectivity index (χ3v) is 1.43. The highest BCUT2D eigenvalue weighted by Crippen LogP contribution is 2.13. The first kappa shape index (κ1) is 14.3. The summed E-state index contributed by atoms with van der Waals surface area (Å²) in [7, 11) is 0. The molecule has 0 fully saturated rings. The Kier molecular flexibility index (Phi) is 5.68. The SMILES string of the molecule is NNc1ccc([N+](=O)[O-])cc1.O=C(O)C(=O)O. The van der Waals surface area contributed by atoms with Crippen LogP contribution in [0.5, 0.6) is 0 Å². The normalized spacial score (nSPS) is 8.53. The maximum absolute atomic E-state index is 10.2. The van der Waals surface area contributed by atoms with Gasteiger partial charge in [0.25, 0.3) is 5.69 Å². The number of benzene rings is 1. The molecule has 0 radical (unpaired) electrons. The fraction of sp³-hybridized carbons (Fsp3) is 0. The molecule has 9 heteroatoms. The number of hydrogen-bond donors (Lipinski definition) is 4. The van der Waals surface area contributed by atoms with Crippen LogP contribution in [0.4, 0.5) is 11.4 Å². The maximum Gasteiger partial charge on any atom is 0.414 e. The molecule has 1 rings (SSSR count). The summed E-state index contributed by atoms with van der Waals surface area (Å²) >= 11 is 0. The number of anilines is 1. The summed E-state index contributed by atoms with van der Waals surface area (Å²) in [5.41, 5.74) is 3.08. The minimum absolute atomic E-state index is 0.0593. The topological polar surface area (TPSA) is 156 Å². The van der Waals surface area contributed by atoms with Crippen LogP contribution in [0.25, 0.3) is 0 Å². The van der Waals surface area contributed by atoms with E-state index in [1.807, 2.05) is 0 Å². The molecule has 0 aliphatic carbocycles. The summed E-state index contributed by atoms with van der Waals surface area (Å²) in [6.07, 6.45) is 0. The van der Waals surface area contributed by atoms with Gasteiger partial charge in [0.1, 0.15) is 0 Å². The highest BCUT2D eigenvalue weighted by Gasteiger charge is 2.04. The van der Waals surface area contributed by atoms with E-state index in [0.717, 1.165) is 0 Å². The molecule has 0 saturated heterocycles. The van der Waals surface area contributed by atoms with Crippen molar-refractivity contribution in [1.82, 2.24) is 0 Å². The molecule has 0 bridgehead atoms. The van der Waals surface area contributed by atoms with Crippen molar-refractivity contribution in [3.63, 3.8) is 0 Å². The zero-order chi connectivity index (χ0) is 13.4. The highest BCUT2D eigenvalue weighted by molar-refractivity contribution is 6.27. The van der Waals surface area contributed by atoms with Gasteiger partial charge in [-0.25, -0.2) is 9.59 Å². The van der Waals surface area contributed by atoms with E-state index in [1.54, 1.807) is 0 Å². The minimum atomic E-state index is -1.82. The fourth-order valence-electron chi connectivity index (χ4n) is 0.679. The summed E-state index contributed by atoms with van der Waals surface area (Å²) in [5.74, 6) is 1.41. The Labute approximate surface area is 94.6 Å². The van der Waals surface area contributed by atoms with E-state index in [4.69, 9.17) is 25.6 Å². The van der Waals surface area contributed by atoms with Crippen LogP contribution in [0.2, 0.25) is 0 Å². The lowest BCUT2D eigenvalue weighted by atomic mass is 10.3. The second-order valence-corrected chi connectivity index (χ2v) is 2.56.